The minimum absolute atomic E-state index is 1.01. The van der Waals surface area contributed by atoms with Crippen LogP contribution in [0, 0.1) is 17.8 Å². The van der Waals surface area contributed by atoms with Gasteiger partial charge in [-0.2, -0.15) is 0 Å². The van der Waals surface area contributed by atoms with E-state index in [4.69, 9.17) is 0 Å². The Labute approximate surface area is 82.6 Å². The average molecular weight is 262 g/mol. The maximum Gasteiger partial charge on any atom is -0.0163 e. The summed E-state index contributed by atoms with van der Waals surface area (Å²) < 4.78 is 1.36. The summed E-state index contributed by atoms with van der Waals surface area (Å²) in [6.07, 6.45) is 7.37. The fourth-order valence-corrected chi connectivity index (χ4v) is 3.48. The lowest BCUT2D eigenvalue weighted by Crippen LogP contribution is -2.09. The zero-order valence-corrected chi connectivity index (χ0v) is 9.01. The molecule has 2 fully saturated rings. The van der Waals surface area contributed by atoms with Crippen molar-refractivity contribution in [2.45, 2.75) is 32.1 Å². The fraction of sp³-hybridized carbons (Fsp3) is 0.800. The van der Waals surface area contributed by atoms with Gasteiger partial charge in [0, 0.05) is 0 Å². The summed E-state index contributed by atoms with van der Waals surface area (Å²) in [5, 5.41) is 0. The first-order chi connectivity index (χ1) is 5.25. The average Bonchev–Trinajstić information content (AvgIpc) is 2.45. The molecule has 11 heavy (non-hydrogen) atoms. The second-order valence-electron chi connectivity index (χ2n) is 4.16. The van der Waals surface area contributed by atoms with Crippen LogP contribution in [-0.4, -0.2) is 0 Å². The Balaban J connectivity index is 1.92. The van der Waals surface area contributed by atoms with Crippen LogP contribution in [-0.2, 0) is 0 Å². The molecule has 0 nitrogen and oxygen atoms in total. The van der Waals surface area contributed by atoms with Gasteiger partial charge in [0.25, 0.3) is 0 Å². The maximum atomic E-state index is 3.99. The highest BCUT2D eigenvalue weighted by Crippen LogP contribution is 2.50. The number of allylic oxidation sites excluding steroid dienone is 1. The van der Waals surface area contributed by atoms with Crippen molar-refractivity contribution in [1.82, 2.24) is 0 Å². The molecule has 0 N–H and O–H groups in total. The van der Waals surface area contributed by atoms with Gasteiger partial charge in [0.2, 0.25) is 0 Å². The van der Waals surface area contributed by atoms with Crippen LogP contribution in [0.2, 0.25) is 0 Å². The lowest BCUT2D eigenvalue weighted by molar-refractivity contribution is 0.335. The predicted octanol–water partition coefficient (Wildman–Crippen LogP) is 3.76. The van der Waals surface area contributed by atoms with Crippen LogP contribution in [0.1, 0.15) is 32.1 Å². The first-order valence-electron chi connectivity index (χ1n) is 4.59. The first-order valence-corrected chi connectivity index (χ1v) is 5.67. The van der Waals surface area contributed by atoms with Crippen LogP contribution < -0.4 is 0 Å². The molecule has 0 aliphatic heterocycles. The van der Waals surface area contributed by atoms with Crippen molar-refractivity contribution >= 4 is 22.6 Å². The van der Waals surface area contributed by atoms with E-state index in [1.54, 1.807) is 0 Å². The minimum Gasteiger partial charge on any atom is -0.0897 e. The lowest BCUT2D eigenvalue weighted by atomic mass is 9.86. The molecular formula is C10H15I. The molecule has 0 amide bonds. The smallest absolute Gasteiger partial charge is 0.0163 e. The highest BCUT2D eigenvalue weighted by Gasteiger charge is 2.38. The Morgan fingerprint density at radius 3 is 2.64 bits per heavy atom. The standard InChI is InChI=1S/C10H15I/c1-7(11)4-10-6-8-2-3-9(10)5-8/h8-10H,1-6H2. The van der Waals surface area contributed by atoms with Crippen LogP contribution in [0.5, 0.6) is 0 Å². The Hall–Kier alpha value is 0.470. The van der Waals surface area contributed by atoms with Gasteiger partial charge in [-0.05, 0) is 69.6 Å². The van der Waals surface area contributed by atoms with E-state index in [2.05, 4.69) is 29.2 Å². The Morgan fingerprint density at radius 1 is 1.36 bits per heavy atom. The highest BCUT2D eigenvalue weighted by molar-refractivity contribution is 14.1. The zero-order valence-electron chi connectivity index (χ0n) is 6.85. The quantitative estimate of drug-likeness (QED) is 0.665. The lowest BCUT2D eigenvalue weighted by Gasteiger charge is -2.20. The molecule has 0 heterocycles. The minimum atomic E-state index is 1.01. The summed E-state index contributed by atoms with van der Waals surface area (Å²) >= 11 is 2.38. The molecule has 0 aromatic heterocycles. The van der Waals surface area contributed by atoms with Crippen LogP contribution in [0.3, 0.4) is 0 Å². The molecule has 0 radical (unpaired) electrons. The second kappa shape index (κ2) is 3.08. The fourth-order valence-electron chi connectivity index (χ4n) is 2.91. The number of rotatable bonds is 2. The normalized spacial score (nSPS) is 41.4. The van der Waals surface area contributed by atoms with Crippen molar-refractivity contribution in [2.75, 3.05) is 0 Å². The monoisotopic (exact) mass is 262 g/mol. The molecule has 2 saturated carbocycles. The molecule has 1 heteroatoms. The third-order valence-electron chi connectivity index (χ3n) is 3.37. The first kappa shape index (κ1) is 8.09. The largest absolute Gasteiger partial charge is 0.0897 e. The van der Waals surface area contributed by atoms with E-state index in [0.717, 1.165) is 17.8 Å². The molecule has 0 spiro atoms. The van der Waals surface area contributed by atoms with Crippen molar-refractivity contribution in [3.63, 3.8) is 0 Å². The molecule has 2 bridgehead atoms. The molecule has 0 aromatic rings. The number of fused-ring (bicyclic) bond motifs is 2. The highest BCUT2D eigenvalue weighted by atomic mass is 127. The second-order valence-corrected chi connectivity index (χ2v) is 5.68. The van der Waals surface area contributed by atoms with E-state index in [1.165, 1.54) is 35.7 Å². The van der Waals surface area contributed by atoms with Crippen molar-refractivity contribution in [3.05, 3.63) is 10.2 Å². The van der Waals surface area contributed by atoms with Crippen molar-refractivity contribution in [3.8, 4) is 0 Å². The van der Waals surface area contributed by atoms with E-state index in [1.807, 2.05) is 0 Å². The summed E-state index contributed by atoms with van der Waals surface area (Å²) in [6.45, 7) is 3.99. The van der Waals surface area contributed by atoms with Gasteiger partial charge in [0.15, 0.2) is 0 Å². The van der Waals surface area contributed by atoms with Gasteiger partial charge < -0.3 is 0 Å². The molecular weight excluding hydrogens is 247 g/mol. The van der Waals surface area contributed by atoms with Crippen LogP contribution in [0.15, 0.2) is 10.2 Å². The van der Waals surface area contributed by atoms with Gasteiger partial charge in [-0.15, -0.1) is 0 Å². The summed E-state index contributed by atoms with van der Waals surface area (Å²) in [6, 6.07) is 0. The SMILES string of the molecule is C=C(I)CC1CC2CCC1C2. The topological polar surface area (TPSA) is 0 Å². The predicted molar refractivity (Wildman–Crippen MR) is 56.7 cm³/mol. The Morgan fingerprint density at radius 2 is 2.18 bits per heavy atom. The van der Waals surface area contributed by atoms with E-state index in [0.29, 0.717) is 0 Å². The van der Waals surface area contributed by atoms with Gasteiger partial charge in [-0.1, -0.05) is 13.0 Å². The van der Waals surface area contributed by atoms with Gasteiger partial charge >= 0.3 is 0 Å². The van der Waals surface area contributed by atoms with E-state index < -0.39 is 0 Å². The maximum absolute atomic E-state index is 3.99. The number of hydrogen-bond acceptors (Lipinski definition) is 0. The molecule has 0 aromatic carbocycles. The van der Waals surface area contributed by atoms with Gasteiger partial charge in [-0.25, -0.2) is 0 Å². The van der Waals surface area contributed by atoms with Crippen molar-refractivity contribution in [2.24, 2.45) is 17.8 Å². The van der Waals surface area contributed by atoms with Gasteiger partial charge in [-0.3, -0.25) is 0 Å². The van der Waals surface area contributed by atoms with E-state index in [-0.39, 0.29) is 0 Å². The molecule has 2 aliphatic rings. The van der Waals surface area contributed by atoms with Crippen molar-refractivity contribution < 1.29 is 0 Å². The summed E-state index contributed by atoms with van der Waals surface area (Å²) in [5.74, 6) is 3.19. The van der Waals surface area contributed by atoms with Crippen LogP contribution >= 0.6 is 22.6 Å². The zero-order chi connectivity index (χ0) is 7.84. The van der Waals surface area contributed by atoms with Crippen molar-refractivity contribution in [1.29, 1.82) is 0 Å². The summed E-state index contributed by atoms with van der Waals surface area (Å²) in [4.78, 5) is 0. The molecule has 3 unspecified atom stereocenters. The third-order valence-corrected chi connectivity index (χ3v) is 3.81. The third kappa shape index (κ3) is 1.63. The Bertz CT molecular complexity index is 174. The molecule has 2 aliphatic carbocycles. The Kier molecular flexibility index (Phi) is 2.26. The molecule has 62 valence electrons. The summed E-state index contributed by atoms with van der Waals surface area (Å²) in [5.41, 5.74) is 0. The number of hydrogen-bond donors (Lipinski definition) is 0. The van der Waals surface area contributed by atoms with E-state index >= 15 is 0 Å². The molecule has 3 atom stereocenters. The van der Waals surface area contributed by atoms with Gasteiger partial charge in [0.1, 0.15) is 0 Å². The van der Waals surface area contributed by atoms with Crippen LogP contribution in [0.4, 0.5) is 0 Å². The molecule has 2 rings (SSSR count). The van der Waals surface area contributed by atoms with E-state index in [9.17, 15) is 0 Å². The van der Waals surface area contributed by atoms with Gasteiger partial charge in [0.05, 0.1) is 0 Å². The molecule has 0 saturated heterocycles. The summed E-state index contributed by atoms with van der Waals surface area (Å²) in [7, 11) is 0. The number of halogens is 1. The van der Waals surface area contributed by atoms with Crippen LogP contribution in [0.25, 0.3) is 0 Å².